The molecule has 0 amide bonds. The summed E-state index contributed by atoms with van der Waals surface area (Å²) in [5.74, 6) is -1.29. The zero-order valence-corrected chi connectivity index (χ0v) is 10.9. The minimum Gasteiger partial charge on any atom is -0.467 e. The second kappa shape index (κ2) is 5.17. The Morgan fingerprint density at radius 2 is 1.81 bits per heavy atom. The van der Waals surface area contributed by atoms with E-state index in [0.717, 1.165) is 0 Å². The van der Waals surface area contributed by atoms with E-state index in [-0.39, 0.29) is 23.8 Å². The normalized spacial score (nSPS) is 15.1. The minimum atomic E-state index is -1.12. The van der Waals surface area contributed by atoms with Crippen LogP contribution in [0.1, 0.15) is 26.5 Å². The highest BCUT2D eigenvalue weighted by Gasteiger charge is 2.41. The number of nitriles is 1. The number of carbonyl (C=O) groups excluding carboxylic acids is 2. The maximum Gasteiger partial charge on any atom is 0.181 e. The molecule has 1 aromatic heterocycles. The van der Waals surface area contributed by atoms with Gasteiger partial charge in [-0.15, -0.1) is 0 Å². The van der Waals surface area contributed by atoms with Gasteiger partial charge in [-0.1, -0.05) is 24.3 Å². The molecule has 5 nitrogen and oxygen atoms in total. The molecule has 0 fully saturated rings. The smallest absolute Gasteiger partial charge is 0.181 e. The molecule has 0 aliphatic heterocycles. The average molecular weight is 278 g/mol. The van der Waals surface area contributed by atoms with Crippen LogP contribution in [-0.4, -0.2) is 17.3 Å². The molecule has 3 rings (SSSR count). The highest BCUT2D eigenvalue weighted by Crippen LogP contribution is 2.27. The molecule has 0 bridgehead atoms. The minimum absolute atomic E-state index is 0.0717. The predicted molar refractivity (Wildman–Crippen MR) is 74.1 cm³/mol. The van der Waals surface area contributed by atoms with Crippen LogP contribution in [0.15, 0.2) is 52.1 Å². The quantitative estimate of drug-likeness (QED) is 0.637. The summed E-state index contributed by atoms with van der Waals surface area (Å²) < 4.78 is 5.12. The average Bonchev–Trinajstić information content (AvgIpc) is 3.11. The lowest BCUT2D eigenvalue weighted by molar-refractivity contribution is 0.0884. The number of carbonyl (C=O) groups is 2. The van der Waals surface area contributed by atoms with Gasteiger partial charge in [0, 0.05) is 11.1 Å². The lowest BCUT2D eigenvalue weighted by Gasteiger charge is -2.03. The third-order valence-corrected chi connectivity index (χ3v) is 3.36. The van der Waals surface area contributed by atoms with Crippen molar-refractivity contribution in [2.24, 2.45) is 10.9 Å². The Kier molecular flexibility index (Phi) is 3.20. The van der Waals surface area contributed by atoms with E-state index in [0.29, 0.717) is 16.9 Å². The van der Waals surface area contributed by atoms with Crippen LogP contribution in [0.25, 0.3) is 0 Å². The van der Waals surface area contributed by atoms with Crippen molar-refractivity contribution < 1.29 is 14.0 Å². The fraction of sp³-hybridized carbons (Fsp3) is 0.125. The lowest BCUT2D eigenvalue weighted by atomic mass is 9.98. The van der Waals surface area contributed by atoms with Crippen LogP contribution in [0, 0.1) is 17.2 Å². The maximum absolute atomic E-state index is 12.3. The van der Waals surface area contributed by atoms with Crippen molar-refractivity contribution >= 4 is 17.3 Å². The van der Waals surface area contributed by atoms with Crippen LogP contribution < -0.4 is 0 Å². The Morgan fingerprint density at radius 1 is 1.14 bits per heavy atom. The van der Waals surface area contributed by atoms with Gasteiger partial charge in [0.05, 0.1) is 12.8 Å². The first-order valence-electron chi connectivity index (χ1n) is 6.36. The highest BCUT2D eigenvalue weighted by molar-refractivity contribution is 6.38. The van der Waals surface area contributed by atoms with E-state index in [9.17, 15) is 14.9 Å². The fourth-order valence-corrected chi connectivity index (χ4v) is 2.35. The summed E-state index contributed by atoms with van der Waals surface area (Å²) in [5, 5.41) is 9.21. The summed E-state index contributed by atoms with van der Waals surface area (Å²) in [6.07, 6.45) is 1.50. The molecule has 0 radical (unpaired) electrons. The zero-order chi connectivity index (χ0) is 14.8. The summed E-state index contributed by atoms with van der Waals surface area (Å²) in [6, 6.07) is 11.9. The van der Waals surface area contributed by atoms with Gasteiger partial charge in [-0.2, -0.15) is 5.26 Å². The van der Waals surface area contributed by atoms with Crippen LogP contribution in [0.2, 0.25) is 0 Å². The molecule has 2 aromatic rings. The molecule has 0 saturated heterocycles. The first-order chi connectivity index (χ1) is 10.2. The fourth-order valence-electron chi connectivity index (χ4n) is 2.35. The van der Waals surface area contributed by atoms with E-state index in [2.05, 4.69) is 4.99 Å². The van der Waals surface area contributed by atoms with E-state index in [1.165, 1.54) is 6.26 Å². The Bertz CT molecular complexity index is 747. The number of furan rings is 1. The number of aliphatic imine (C=N–C) groups is 1. The molecule has 5 heteroatoms. The topological polar surface area (TPSA) is 83.4 Å². The predicted octanol–water partition coefficient (Wildman–Crippen LogP) is 2.44. The van der Waals surface area contributed by atoms with E-state index in [1.54, 1.807) is 36.4 Å². The number of hydrogen-bond donors (Lipinski definition) is 0. The van der Waals surface area contributed by atoms with Crippen LogP contribution in [0.4, 0.5) is 0 Å². The third-order valence-electron chi connectivity index (χ3n) is 3.36. The summed E-state index contributed by atoms with van der Waals surface area (Å²) in [5.41, 5.74) is 0.638. The van der Waals surface area contributed by atoms with Crippen LogP contribution in [0.5, 0.6) is 0 Å². The Balaban J connectivity index is 1.93. The molecule has 21 heavy (non-hydrogen) atoms. The Labute approximate surface area is 120 Å². The summed E-state index contributed by atoms with van der Waals surface area (Å²) in [6.45, 7) is 0.128. The first-order valence-corrected chi connectivity index (χ1v) is 6.36. The molecule has 1 heterocycles. The van der Waals surface area contributed by atoms with Crippen molar-refractivity contribution in [2.45, 2.75) is 6.54 Å². The third kappa shape index (κ3) is 2.17. The Hall–Kier alpha value is -3.00. The monoisotopic (exact) mass is 278 g/mol. The summed E-state index contributed by atoms with van der Waals surface area (Å²) in [7, 11) is 0. The first kappa shape index (κ1) is 13.0. The Morgan fingerprint density at radius 3 is 2.33 bits per heavy atom. The molecule has 0 N–H and O–H groups in total. The second-order valence-corrected chi connectivity index (χ2v) is 4.60. The van der Waals surface area contributed by atoms with Crippen molar-refractivity contribution in [2.75, 3.05) is 0 Å². The molecule has 0 saturated carbocycles. The molecule has 0 spiro atoms. The van der Waals surface area contributed by atoms with Crippen LogP contribution in [0.3, 0.4) is 0 Å². The number of hydrogen-bond acceptors (Lipinski definition) is 5. The lowest BCUT2D eigenvalue weighted by Crippen LogP contribution is -2.24. The largest absolute Gasteiger partial charge is 0.467 e. The number of benzene rings is 1. The number of fused-ring (bicyclic) bond motifs is 1. The van der Waals surface area contributed by atoms with E-state index < -0.39 is 5.92 Å². The van der Waals surface area contributed by atoms with Crippen molar-refractivity contribution in [3.63, 3.8) is 0 Å². The van der Waals surface area contributed by atoms with Crippen LogP contribution >= 0.6 is 0 Å². The van der Waals surface area contributed by atoms with Gasteiger partial charge in [0.2, 0.25) is 0 Å². The molecule has 102 valence electrons. The van der Waals surface area contributed by atoms with Crippen LogP contribution in [-0.2, 0) is 6.54 Å². The molecule has 1 aromatic carbocycles. The number of Topliss-reactive ketones (excluding diaryl/α,β-unsaturated/α-hetero) is 2. The van der Waals surface area contributed by atoms with Gasteiger partial charge in [0.25, 0.3) is 0 Å². The zero-order valence-electron chi connectivity index (χ0n) is 10.9. The highest BCUT2D eigenvalue weighted by atomic mass is 16.3. The van der Waals surface area contributed by atoms with Crippen molar-refractivity contribution in [1.82, 2.24) is 0 Å². The van der Waals surface area contributed by atoms with Gasteiger partial charge in [0.1, 0.15) is 23.5 Å². The number of ketones is 2. The molecular weight excluding hydrogens is 268 g/mol. The molecular formula is C16H10N2O3. The van der Waals surface area contributed by atoms with Crippen molar-refractivity contribution in [3.05, 3.63) is 59.5 Å². The van der Waals surface area contributed by atoms with Gasteiger partial charge < -0.3 is 4.42 Å². The van der Waals surface area contributed by atoms with Crippen molar-refractivity contribution in [1.29, 1.82) is 5.26 Å². The summed E-state index contributed by atoms with van der Waals surface area (Å²) in [4.78, 5) is 28.7. The SMILES string of the molecule is N#CC(=NCc1ccco1)C1C(=O)c2ccccc2C1=O. The van der Waals surface area contributed by atoms with E-state index in [4.69, 9.17) is 4.42 Å². The van der Waals surface area contributed by atoms with Crippen molar-refractivity contribution in [3.8, 4) is 6.07 Å². The summed E-state index contributed by atoms with van der Waals surface area (Å²) >= 11 is 0. The number of rotatable bonds is 3. The van der Waals surface area contributed by atoms with Gasteiger partial charge >= 0.3 is 0 Å². The molecule has 1 aliphatic carbocycles. The maximum atomic E-state index is 12.3. The van der Waals surface area contributed by atoms with Gasteiger partial charge in [-0.05, 0) is 12.1 Å². The van der Waals surface area contributed by atoms with Gasteiger partial charge in [0.15, 0.2) is 11.6 Å². The number of nitrogens with zero attached hydrogens (tertiary/aromatic N) is 2. The van der Waals surface area contributed by atoms with E-state index in [1.807, 2.05) is 6.07 Å². The molecule has 1 aliphatic rings. The molecule has 0 unspecified atom stereocenters. The molecule has 0 atom stereocenters. The van der Waals surface area contributed by atoms with Gasteiger partial charge in [-0.3, -0.25) is 14.6 Å². The van der Waals surface area contributed by atoms with E-state index >= 15 is 0 Å². The standard InChI is InChI=1S/C16H10N2O3/c17-8-13(18-9-10-4-3-7-21-10)14-15(19)11-5-1-2-6-12(11)16(14)20/h1-7,14H,9H2. The van der Waals surface area contributed by atoms with Gasteiger partial charge in [-0.25, -0.2) is 0 Å². The second-order valence-electron chi connectivity index (χ2n) is 4.60.